The molecular weight excluding hydrogens is 967 g/mol. The van der Waals surface area contributed by atoms with E-state index in [1.165, 1.54) is 46.6 Å². The van der Waals surface area contributed by atoms with E-state index in [4.69, 9.17) is 28.9 Å². The van der Waals surface area contributed by atoms with Gasteiger partial charge in [-0.15, -0.1) is 0 Å². The van der Waals surface area contributed by atoms with Gasteiger partial charge in [0.25, 0.3) is 0 Å². The Morgan fingerprint density at radius 2 is 1.24 bits per heavy atom. The zero-order valence-corrected chi connectivity index (χ0v) is 42.0. The molecule has 8 heterocycles. The van der Waals surface area contributed by atoms with E-state index in [2.05, 4.69) is 30.1 Å². The fourth-order valence-corrected chi connectivity index (χ4v) is 8.93. The largest absolute Gasteiger partial charge is 0.497 e. The number of likely N-dealkylation sites (tertiary alicyclic amines) is 2. The number of aryl methyl sites for hydroxylation is 3. The van der Waals surface area contributed by atoms with Crippen molar-refractivity contribution in [3.63, 3.8) is 0 Å². The standard InChI is InChI=1S/2C26H28FN7O3.CH4/c1-32-16-17(14-29-32)20-15-28-19-7-8-23(31-26(19)30-20)34(11-5-10-33-9-4-6-24(33)35)21-12-18(36-2)13-22(37-3)25(21)27;1-32-16-17(14-29-32)21-15-28-19-7-8-23(30-20-12-18(36-2)13-22(37-3)25(20)27)34(26(19)31-21)11-5-10-33-9-4-6-24(33)35;/h2*7-8,12-16H,4-6,9-11H2,1-3H3;1H4. The van der Waals surface area contributed by atoms with Crippen molar-refractivity contribution < 1.29 is 37.3 Å². The van der Waals surface area contributed by atoms with Crippen molar-refractivity contribution in [1.29, 1.82) is 0 Å². The van der Waals surface area contributed by atoms with E-state index < -0.39 is 11.6 Å². The lowest BCUT2D eigenvalue weighted by molar-refractivity contribution is -0.128. The van der Waals surface area contributed by atoms with Crippen LogP contribution in [0.15, 0.2) is 90.7 Å². The van der Waals surface area contributed by atoms with Gasteiger partial charge in [0.15, 0.2) is 34.4 Å². The Kier molecular flexibility index (Phi) is 16.6. The summed E-state index contributed by atoms with van der Waals surface area (Å²) in [5.74, 6) is 0.686. The Morgan fingerprint density at radius 1 is 0.653 bits per heavy atom. The third-order valence-corrected chi connectivity index (χ3v) is 12.8. The summed E-state index contributed by atoms with van der Waals surface area (Å²) >= 11 is 0. The van der Waals surface area contributed by atoms with Crippen molar-refractivity contribution in [2.45, 2.75) is 52.5 Å². The fourth-order valence-electron chi connectivity index (χ4n) is 8.93. The minimum absolute atomic E-state index is 0. The van der Waals surface area contributed by atoms with E-state index in [0.29, 0.717) is 108 Å². The van der Waals surface area contributed by atoms with Crippen LogP contribution in [0, 0.1) is 11.6 Å². The van der Waals surface area contributed by atoms with Gasteiger partial charge in [0, 0.05) is 114 Å². The van der Waals surface area contributed by atoms with E-state index in [9.17, 15) is 9.59 Å². The second-order valence-electron chi connectivity index (χ2n) is 17.6. The molecule has 22 heteroatoms. The maximum absolute atomic E-state index is 15.6. The topological polar surface area (TPSA) is 198 Å². The summed E-state index contributed by atoms with van der Waals surface area (Å²) in [5.41, 5.74) is 6.09. The van der Waals surface area contributed by atoms with Gasteiger partial charge in [-0.1, -0.05) is 7.43 Å². The van der Waals surface area contributed by atoms with E-state index in [1.54, 1.807) is 57.2 Å². The molecule has 0 atom stereocenters. The highest BCUT2D eigenvalue weighted by Gasteiger charge is 2.25. The number of ether oxygens (including phenoxy) is 4. The first-order chi connectivity index (χ1) is 35.9. The third kappa shape index (κ3) is 11.8. The molecule has 2 aliphatic heterocycles. The molecule has 2 saturated heterocycles. The van der Waals surface area contributed by atoms with Crippen LogP contribution in [0.4, 0.5) is 26.0 Å². The first-order valence-electron chi connectivity index (χ1n) is 24.1. The third-order valence-electron chi connectivity index (χ3n) is 12.8. The van der Waals surface area contributed by atoms with Gasteiger partial charge in [-0.2, -0.15) is 10.2 Å². The lowest BCUT2D eigenvalue weighted by Gasteiger charge is -2.26. The van der Waals surface area contributed by atoms with Gasteiger partial charge in [-0.05, 0) is 49.9 Å². The maximum atomic E-state index is 15.6. The highest BCUT2D eigenvalue weighted by Crippen LogP contribution is 2.37. The van der Waals surface area contributed by atoms with Crippen molar-refractivity contribution in [3.8, 4) is 45.5 Å². The molecule has 0 N–H and O–H groups in total. The molecule has 0 saturated carbocycles. The Labute approximate surface area is 432 Å². The number of anilines is 2. The molecule has 8 aromatic rings. The lowest BCUT2D eigenvalue weighted by atomic mass is 10.2. The number of benzene rings is 2. The van der Waals surface area contributed by atoms with Gasteiger partial charge in [0.05, 0.1) is 70.3 Å². The Hall–Kier alpha value is -8.56. The van der Waals surface area contributed by atoms with E-state index in [1.807, 2.05) is 53.0 Å². The average molecular weight is 1030 g/mol. The second-order valence-corrected chi connectivity index (χ2v) is 17.6. The molecule has 10 rings (SSSR count). The lowest BCUT2D eigenvalue weighted by Crippen LogP contribution is -2.29. The fraction of sp³-hybridized carbons (Fsp3) is 0.358. The predicted molar refractivity (Wildman–Crippen MR) is 278 cm³/mol. The molecule has 0 bridgehead atoms. The number of carbonyl (C=O) groups is 2. The van der Waals surface area contributed by atoms with E-state index in [0.717, 1.165) is 37.1 Å². The first-order valence-corrected chi connectivity index (χ1v) is 24.1. The van der Waals surface area contributed by atoms with Crippen LogP contribution >= 0.6 is 0 Å². The number of aromatic nitrogens is 10. The van der Waals surface area contributed by atoms with Crippen LogP contribution in [0.3, 0.4) is 0 Å². The Morgan fingerprint density at radius 3 is 1.83 bits per heavy atom. The number of amides is 2. The Balaban J connectivity index is 0.000000197. The summed E-state index contributed by atoms with van der Waals surface area (Å²) < 4.78 is 57.2. The van der Waals surface area contributed by atoms with Crippen LogP contribution in [0.2, 0.25) is 0 Å². The Bertz CT molecular complexity index is 3420. The number of hydrogen-bond donors (Lipinski definition) is 0. The van der Waals surface area contributed by atoms with Crippen LogP contribution in [-0.4, -0.2) is 132 Å². The molecule has 75 heavy (non-hydrogen) atoms. The number of methoxy groups -OCH3 is 4. The van der Waals surface area contributed by atoms with Gasteiger partial charge in [0.2, 0.25) is 11.8 Å². The number of rotatable bonds is 17. The van der Waals surface area contributed by atoms with Crippen LogP contribution in [0.1, 0.15) is 46.0 Å². The SMILES string of the molecule is C.COc1cc(N=c2ccc3ncc(-c4cnn(C)c4)nc3n2CCCN2CCCC2=O)c(F)c(OC)c1.COc1cc(OC)c(F)c(N(CCCN2CCCC2=O)c2ccc3ncc(-c4cnn(C)c4)nc3n2)c1. The monoisotopic (exact) mass is 1030 g/mol. The number of hydrogen-bond acceptors (Lipinski definition) is 15. The quantitative estimate of drug-likeness (QED) is 0.0864. The van der Waals surface area contributed by atoms with Crippen molar-refractivity contribution in [2.75, 3.05) is 66.1 Å². The number of nitrogens with zero attached hydrogens (tertiary/aromatic N) is 14. The molecule has 392 valence electrons. The van der Waals surface area contributed by atoms with Crippen LogP contribution in [-0.2, 0) is 30.2 Å². The van der Waals surface area contributed by atoms with Gasteiger partial charge in [-0.3, -0.25) is 28.9 Å². The van der Waals surface area contributed by atoms with Crippen molar-refractivity contribution in [2.24, 2.45) is 19.1 Å². The average Bonchev–Trinajstić information content (AvgIpc) is 4.25. The molecular formula is C53H60F2N14O6. The minimum atomic E-state index is -0.590. The zero-order chi connectivity index (χ0) is 51.9. The highest BCUT2D eigenvalue weighted by atomic mass is 19.1. The molecule has 2 aliphatic rings. The summed E-state index contributed by atoms with van der Waals surface area (Å²) in [5, 5.41) is 8.43. The highest BCUT2D eigenvalue weighted by molar-refractivity contribution is 5.79. The van der Waals surface area contributed by atoms with Gasteiger partial charge in [-0.25, -0.2) is 28.7 Å². The molecule has 2 aromatic carbocycles. The first kappa shape index (κ1) is 52.8. The van der Waals surface area contributed by atoms with Crippen molar-refractivity contribution in [1.82, 2.24) is 58.8 Å². The molecule has 2 amide bonds. The molecule has 0 unspecified atom stereocenters. The van der Waals surface area contributed by atoms with E-state index >= 15 is 8.78 Å². The summed E-state index contributed by atoms with van der Waals surface area (Å²) in [6.45, 7) is 3.64. The number of halogens is 2. The summed E-state index contributed by atoms with van der Waals surface area (Å²) in [6.07, 6.45) is 14.8. The summed E-state index contributed by atoms with van der Waals surface area (Å²) in [7, 11) is 9.50. The van der Waals surface area contributed by atoms with E-state index in [-0.39, 0.29) is 42.1 Å². The molecule has 0 radical (unpaired) electrons. The van der Waals surface area contributed by atoms with Gasteiger partial charge >= 0.3 is 0 Å². The van der Waals surface area contributed by atoms with Gasteiger partial charge in [0.1, 0.15) is 39.5 Å². The number of carbonyl (C=O) groups excluding carboxylic acids is 2. The predicted octanol–water partition coefficient (Wildman–Crippen LogP) is 7.60. The molecule has 20 nitrogen and oxygen atoms in total. The van der Waals surface area contributed by atoms with Crippen molar-refractivity contribution in [3.05, 3.63) is 103 Å². The maximum Gasteiger partial charge on any atom is 0.222 e. The molecule has 0 aliphatic carbocycles. The molecule has 2 fully saturated rings. The normalized spacial score (nSPS) is 13.6. The summed E-state index contributed by atoms with van der Waals surface area (Å²) in [4.78, 5) is 57.8. The van der Waals surface area contributed by atoms with Gasteiger partial charge < -0.3 is 38.2 Å². The molecule has 0 spiro atoms. The summed E-state index contributed by atoms with van der Waals surface area (Å²) in [6, 6.07) is 13.3. The smallest absolute Gasteiger partial charge is 0.222 e. The second kappa shape index (κ2) is 23.5. The molecule has 6 aromatic heterocycles. The minimum Gasteiger partial charge on any atom is -0.497 e. The van der Waals surface area contributed by atoms with Crippen molar-refractivity contribution >= 4 is 51.3 Å². The zero-order valence-electron chi connectivity index (χ0n) is 42.0. The van der Waals surface area contributed by atoms with Crippen LogP contribution in [0.25, 0.3) is 44.8 Å². The number of fused-ring (bicyclic) bond motifs is 2. The number of pyridine rings is 2. The van der Waals surface area contributed by atoms with Crippen LogP contribution in [0.5, 0.6) is 23.0 Å². The van der Waals surface area contributed by atoms with Crippen LogP contribution < -0.4 is 29.3 Å².